The van der Waals surface area contributed by atoms with Gasteiger partial charge in [-0.2, -0.15) is 0 Å². The number of hydrogen-bond donors (Lipinski definition) is 0. The molecule has 0 N–H and O–H groups in total. The van der Waals surface area contributed by atoms with E-state index in [2.05, 4.69) is 37.0 Å². The average Bonchev–Trinajstić information content (AvgIpc) is 3.06. The Bertz CT molecular complexity index is 966. The van der Waals surface area contributed by atoms with Crippen LogP contribution in [-0.4, -0.2) is 15.5 Å². The summed E-state index contributed by atoms with van der Waals surface area (Å²) in [6, 6.07) is 15.9. The number of hydrogen-bond acceptors (Lipinski definition) is 2. The third kappa shape index (κ3) is 1.91. The Labute approximate surface area is 141 Å². The first-order valence-electron chi connectivity index (χ1n) is 8.33. The third-order valence-corrected chi connectivity index (χ3v) is 4.83. The minimum Gasteiger partial charge on any atom is -0.279 e. The quantitative estimate of drug-likeness (QED) is 0.687. The zero-order valence-corrected chi connectivity index (χ0v) is 14.2. The van der Waals surface area contributed by atoms with Crippen LogP contribution in [-0.2, 0) is 5.41 Å². The summed E-state index contributed by atoms with van der Waals surface area (Å²) in [4.78, 5) is 18.0. The van der Waals surface area contributed by atoms with Crippen molar-refractivity contribution in [1.29, 1.82) is 0 Å². The molecule has 0 fully saturated rings. The van der Waals surface area contributed by atoms with Crippen molar-refractivity contribution in [1.82, 2.24) is 9.55 Å². The molecular formula is C21H20N2O. The lowest BCUT2D eigenvalue weighted by molar-refractivity contribution is 0.0868. The second-order valence-electron chi connectivity index (χ2n) is 6.89. The second-order valence-corrected chi connectivity index (χ2v) is 6.89. The third-order valence-electron chi connectivity index (χ3n) is 4.83. The van der Waals surface area contributed by atoms with E-state index in [0.717, 1.165) is 27.9 Å². The van der Waals surface area contributed by atoms with Gasteiger partial charge in [0.1, 0.15) is 5.41 Å². The predicted molar refractivity (Wildman–Crippen MR) is 97.0 cm³/mol. The van der Waals surface area contributed by atoms with Gasteiger partial charge in [-0.15, -0.1) is 0 Å². The van der Waals surface area contributed by atoms with Gasteiger partial charge in [0.05, 0.1) is 16.9 Å². The van der Waals surface area contributed by atoms with Gasteiger partial charge in [0.2, 0.25) is 5.91 Å². The number of aromatic nitrogens is 2. The van der Waals surface area contributed by atoms with E-state index in [4.69, 9.17) is 0 Å². The van der Waals surface area contributed by atoms with Crippen molar-refractivity contribution in [2.24, 2.45) is 5.92 Å². The van der Waals surface area contributed by atoms with Gasteiger partial charge in [-0.25, -0.2) is 0 Å². The first-order chi connectivity index (χ1) is 11.5. The molecule has 4 rings (SSSR count). The highest BCUT2D eigenvalue weighted by atomic mass is 16.2. The largest absolute Gasteiger partial charge is 0.279 e. The van der Waals surface area contributed by atoms with E-state index >= 15 is 0 Å². The topological polar surface area (TPSA) is 34.9 Å². The molecule has 3 nitrogen and oxygen atoms in total. The molecule has 0 unspecified atom stereocenters. The van der Waals surface area contributed by atoms with E-state index in [1.54, 1.807) is 6.20 Å². The highest BCUT2D eigenvalue weighted by Crippen LogP contribution is 2.47. The molecule has 24 heavy (non-hydrogen) atoms. The molecule has 0 radical (unpaired) electrons. The van der Waals surface area contributed by atoms with Crippen molar-refractivity contribution >= 4 is 22.4 Å². The number of pyridine rings is 1. The smallest absolute Gasteiger partial charge is 0.248 e. The molecule has 0 spiro atoms. The Morgan fingerprint density at radius 3 is 2.58 bits per heavy atom. The molecular weight excluding hydrogens is 296 g/mol. The van der Waals surface area contributed by atoms with Crippen molar-refractivity contribution in [2.45, 2.75) is 26.2 Å². The fraction of sp³-hybridized carbons (Fsp3) is 0.238. The van der Waals surface area contributed by atoms with Crippen LogP contribution in [0, 0.1) is 5.92 Å². The predicted octanol–water partition coefficient (Wildman–Crippen LogP) is 4.69. The molecule has 0 aliphatic carbocycles. The zero-order valence-electron chi connectivity index (χ0n) is 14.2. The first-order valence-corrected chi connectivity index (χ1v) is 8.33. The Morgan fingerprint density at radius 1 is 1.12 bits per heavy atom. The lowest BCUT2D eigenvalue weighted by Crippen LogP contribution is -2.32. The van der Waals surface area contributed by atoms with Crippen molar-refractivity contribution < 1.29 is 4.79 Å². The van der Waals surface area contributed by atoms with Gasteiger partial charge in [-0.1, -0.05) is 44.2 Å². The number of allylic oxidation sites excluding steroid dienone is 2. The highest BCUT2D eigenvalue weighted by Gasteiger charge is 2.49. The fourth-order valence-corrected chi connectivity index (χ4v) is 3.66. The first kappa shape index (κ1) is 14.9. The van der Waals surface area contributed by atoms with Crippen molar-refractivity contribution in [3.63, 3.8) is 0 Å². The van der Waals surface area contributed by atoms with Crippen molar-refractivity contribution in [3.8, 4) is 0 Å². The maximum Gasteiger partial charge on any atom is 0.248 e. The summed E-state index contributed by atoms with van der Waals surface area (Å²) in [6.45, 7) is 6.27. The van der Waals surface area contributed by atoms with Crippen LogP contribution in [0.5, 0.6) is 0 Å². The molecule has 3 aromatic rings. The number of rotatable bonds is 2. The molecule has 1 aliphatic heterocycles. The van der Waals surface area contributed by atoms with E-state index in [0.29, 0.717) is 5.92 Å². The van der Waals surface area contributed by atoms with E-state index in [1.807, 2.05) is 47.9 Å². The molecule has 0 amide bonds. The summed E-state index contributed by atoms with van der Waals surface area (Å²) in [7, 11) is 0. The number of carbonyl (C=O) groups is 1. The van der Waals surface area contributed by atoms with E-state index in [-0.39, 0.29) is 5.91 Å². The van der Waals surface area contributed by atoms with Crippen molar-refractivity contribution in [2.75, 3.05) is 0 Å². The van der Waals surface area contributed by atoms with Crippen LogP contribution < -0.4 is 0 Å². The van der Waals surface area contributed by atoms with E-state index in [9.17, 15) is 4.79 Å². The van der Waals surface area contributed by atoms with Gasteiger partial charge in [0, 0.05) is 11.6 Å². The Kier molecular flexibility index (Phi) is 3.20. The van der Waals surface area contributed by atoms with E-state index < -0.39 is 5.41 Å². The molecule has 120 valence electrons. The maximum atomic E-state index is 13.5. The van der Waals surface area contributed by atoms with Gasteiger partial charge in [-0.05, 0) is 42.7 Å². The SMILES string of the molecule is CC(C)/C=C1/c2cc3ccccc3n2C(=O)[C@]1(C)c1ccccn1. The Hall–Kier alpha value is -2.68. The lowest BCUT2D eigenvalue weighted by atomic mass is 9.77. The molecule has 3 heterocycles. The Morgan fingerprint density at radius 2 is 1.88 bits per heavy atom. The highest BCUT2D eigenvalue weighted by molar-refractivity contribution is 6.13. The molecule has 3 heteroatoms. The van der Waals surface area contributed by atoms with E-state index in [1.165, 1.54) is 0 Å². The van der Waals surface area contributed by atoms with Crippen LogP contribution >= 0.6 is 0 Å². The summed E-state index contributed by atoms with van der Waals surface area (Å²) in [6.07, 6.45) is 3.96. The molecule has 0 saturated carbocycles. The molecule has 0 bridgehead atoms. The van der Waals surface area contributed by atoms with Crippen molar-refractivity contribution in [3.05, 3.63) is 72.2 Å². The molecule has 1 aromatic carbocycles. The van der Waals surface area contributed by atoms with Crippen LogP contribution in [0.15, 0.2) is 60.8 Å². The van der Waals surface area contributed by atoms with Gasteiger partial charge in [0.15, 0.2) is 0 Å². The van der Waals surface area contributed by atoms with Gasteiger partial charge in [0.25, 0.3) is 0 Å². The standard InChI is InChI=1S/C21H20N2O/c1-14(2)12-16-18-13-15-8-4-5-9-17(15)23(18)20(24)21(16,3)19-10-6-7-11-22-19/h4-14H,1-3H3/b16-12-/t21-/m0/s1. The minimum absolute atomic E-state index is 0.0734. The molecule has 1 aliphatic rings. The summed E-state index contributed by atoms with van der Waals surface area (Å²) < 4.78 is 1.86. The summed E-state index contributed by atoms with van der Waals surface area (Å²) in [5.41, 5.74) is 3.06. The van der Waals surface area contributed by atoms with Crippen LogP contribution in [0.1, 0.15) is 37.0 Å². The lowest BCUT2D eigenvalue weighted by Gasteiger charge is -2.24. The summed E-state index contributed by atoms with van der Waals surface area (Å²) in [5.74, 6) is 0.421. The van der Waals surface area contributed by atoms with Gasteiger partial charge < -0.3 is 0 Å². The fourth-order valence-electron chi connectivity index (χ4n) is 3.66. The number of nitrogens with zero attached hydrogens (tertiary/aromatic N) is 2. The van der Waals surface area contributed by atoms with Gasteiger partial charge >= 0.3 is 0 Å². The zero-order chi connectivity index (χ0) is 16.9. The van der Waals surface area contributed by atoms with Crippen LogP contribution in [0.2, 0.25) is 0 Å². The normalized spacial score (nSPS) is 21.8. The second kappa shape index (κ2) is 5.17. The number of fused-ring (bicyclic) bond motifs is 3. The van der Waals surface area contributed by atoms with Gasteiger partial charge in [-0.3, -0.25) is 14.3 Å². The summed E-state index contributed by atoms with van der Waals surface area (Å²) >= 11 is 0. The number of benzene rings is 1. The Balaban J connectivity index is 2.04. The van der Waals surface area contributed by atoms with Crippen LogP contribution in [0.25, 0.3) is 16.5 Å². The monoisotopic (exact) mass is 316 g/mol. The number of para-hydroxylation sites is 1. The van der Waals surface area contributed by atoms with Crippen LogP contribution in [0.3, 0.4) is 0 Å². The minimum atomic E-state index is -0.745. The average molecular weight is 316 g/mol. The van der Waals surface area contributed by atoms with Crippen LogP contribution in [0.4, 0.5) is 0 Å². The molecule has 2 aromatic heterocycles. The summed E-state index contributed by atoms with van der Waals surface area (Å²) in [5, 5.41) is 1.10. The molecule has 0 saturated heterocycles. The maximum absolute atomic E-state index is 13.5. The number of carbonyl (C=O) groups excluding carboxylic acids is 1. The molecule has 1 atom stereocenters.